The van der Waals surface area contributed by atoms with Crippen molar-refractivity contribution < 1.29 is 9.64 Å². The summed E-state index contributed by atoms with van der Waals surface area (Å²) < 4.78 is 5.35. The van der Waals surface area contributed by atoms with Crippen molar-refractivity contribution >= 4 is 34.4 Å². The van der Waals surface area contributed by atoms with Gasteiger partial charge in [0.15, 0.2) is 5.11 Å². The van der Waals surface area contributed by atoms with Crippen LogP contribution in [0.15, 0.2) is 40.2 Å². The third-order valence-corrected chi connectivity index (χ3v) is 4.58. The van der Waals surface area contributed by atoms with Crippen LogP contribution in [0.5, 0.6) is 0 Å². The second kappa shape index (κ2) is 9.42. The number of hydrazone groups is 1. The van der Waals surface area contributed by atoms with Gasteiger partial charge in [-0.2, -0.15) is 5.10 Å². The normalized spacial score (nSPS) is 15.4. The molecule has 0 atom stereocenters. The lowest BCUT2D eigenvalue weighted by Gasteiger charge is -2.23. The first-order chi connectivity index (χ1) is 12.7. The van der Waals surface area contributed by atoms with E-state index in [1.807, 2.05) is 24.3 Å². The molecule has 0 radical (unpaired) electrons. The molecule has 0 saturated carbocycles. The highest BCUT2D eigenvalue weighted by atomic mass is 32.1. The maximum absolute atomic E-state index is 12.0. The van der Waals surface area contributed by atoms with Gasteiger partial charge in [-0.1, -0.05) is 18.2 Å². The lowest BCUT2D eigenvalue weighted by Crippen LogP contribution is -3.14. The number of aromatic amines is 1. The van der Waals surface area contributed by atoms with Crippen LogP contribution in [0, 0.1) is 0 Å². The maximum atomic E-state index is 12.0. The van der Waals surface area contributed by atoms with Crippen LogP contribution in [0.3, 0.4) is 0 Å². The molecule has 8 heteroatoms. The third-order valence-electron chi connectivity index (χ3n) is 4.34. The highest BCUT2D eigenvalue weighted by Gasteiger charge is 2.12. The highest BCUT2D eigenvalue weighted by Crippen LogP contribution is 2.08. The van der Waals surface area contributed by atoms with Gasteiger partial charge in [-0.3, -0.25) is 10.2 Å². The molecule has 26 heavy (non-hydrogen) atoms. The number of hydrogen-bond donors (Lipinski definition) is 4. The number of ether oxygens (including phenoxy) is 1. The zero-order chi connectivity index (χ0) is 18.2. The van der Waals surface area contributed by atoms with Crippen molar-refractivity contribution in [3.63, 3.8) is 0 Å². The van der Waals surface area contributed by atoms with Gasteiger partial charge in [0.1, 0.15) is 13.1 Å². The van der Waals surface area contributed by atoms with E-state index in [1.54, 1.807) is 11.0 Å². The van der Waals surface area contributed by atoms with Crippen molar-refractivity contribution in [1.82, 2.24) is 15.7 Å². The number of para-hydroxylation sites is 1. The maximum Gasteiger partial charge on any atom is 0.257 e. The molecule has 1 aliphatic rings. The predicted octanol–water partition coefficient (Wildman–Crippen LogP) is -0.369. The minimum absolute atomic E-state index is 0.179. The second-order valence-corrected chi connectivity index (χ2v) is 6.64. The summed E-state index contributed by atoms with van der Waals surface area (Å²) in [6.07, 6.45) is 2.52. The molecule has 0 unspecified atom stereocenters. The number of pyridine rings is 1. The van der Waals surface area contributed by atoms with E-state index >= 15 is 0 Å². The van der Waals surface area contributed by atoms with Gasteiger partial charge in [0, 0.05) is 18.5 Å². The molecule has 0 amide bonds. The van der Waals surface area contributed by atoms with E-state index in [-0.39, 0.29) is 5.56 Å². The van der Waals surface area contributed by atoms with E-state index in [4.69, 9.17) is 17.0 Å². The van der Waals surface area contributed by atoms with Gasteiger partial charge in [0.2, 0.25) is 0 Å². The Bertz CT molecular complexity index is 830. The van der Waals surface area contributed by atoms with Gasteiger partial charge in [0.05, 0.1) is 31.5 Å². The van der Waals surface area contributed by atoms with E-state index in [2.05, 4.69) is 20.8 Å². The van der Waals surface area contributed by atoms with Crippen LogP contribution in [0.4, 0.5) is 0 Å². The molecule has 7 nitrogen and oxygen atoms in total. The molecule has 1 aromatic carbocycles. The molecule has 0 aliphatic carbocycles. The molecule has 0 bridgehead atoms. The first kappa shape index (κ1) is 18.5. The average Bonchev–Trinajstić information content (AvgIpc) is 2.66. The number of nitrogens with zero attached hydrogens (tertiary/aromatic N) is 1. The van der Waals surface area contributed by atoms with Crippen molar-refractivity contribution in [2.24, 2.45) is 5.10 Å². The van der Waals surface area contributed by atoms with Gasteiger partial charge >= 0.3 is 0 Å². The number of morpholine rings is 1. The van der Waals surface area contributed by atoms with Gasteiger partial charge in [-0.25, -0.2) is 0 Å². The van der Waals surface area contributed by atoms with Gasteiger partial charge in [-0.15, -0.1) is 0 Å². The van der Waals surface area contributed by atoms with E-state index in [1.165, 1.54) is 6.21 Å². The van der Waals surface area contributed by atoms with Crippen LogP contribution >= 0.6 is 12.2 Å². The van der Waals surface area contributed by atoms with Crippen molar-refractivity contribution in [2.45, 2.75) is 6.42 Å². The van der Waals surface area contributed by atoms with Crippen LogP contribution in [0.1, 0.15) is 12.0 Å². The summed E-state index contributed by atoms with van der Waals surface area (Å²) in [4.78, 5) is 16.4. The Morgan fingerprint density at radius 3 is 3.00 bits per heavy atom. The highest BCUT2D eigenvalue weighted by molar-refractivity contribution is 7.80. The number of quaternary nitrogens is 1. The molecule has 4 N–H and O–H groups in total. The first-order valence-corrected chi connectivity index (χ1v) is 9.23. The quantitative estimate of drug-likeness (QED) is 0.240. The number of nitrogens with one attached hydrogen (secondary N) is 4. The number of rotatable bonds is 6. The van der Waals surface area contributed by atoms with Crippen LogP contribution < -0.4 is 21.2 Å². The summed E-state index contributed by atoms with van der Waals surface area (Å²) in [6.45, 7) is 5.76. The Kier molecular flexibility index (Phi) is 6.70. The lowest BCUT2D eigenvalue weighted by atomic mass is 10.2. The Hall–Kier alpha value is -2.29. The summed E-state index contributed by atoms with van der Waals surface area (Å²) in [6, 6.07) is 9.43. The molecule has 3 rings (SSSR count). The smallest absolute Gasteiger partial charge is 0.257 e. The Morgan fingerprint density at radius 2 is 2.15 bits per heavy atom. The van der Waals surface area contributed by atoms with Crippen molar-refractivity contribution in [3.05, 3.63) is 46.2 Å². The predicted molar refractivity (Wildman–Crippen MR) is 107 cm³/mol. The molecule has 2 aromatic rings. The topological polar surface area (TPSA) is 83.0 Å². The molecule has 1 aliphatic heterocycles. The van der Waals surface area contributed by atoms with Crippen molar-refractivity contribution in [2.75, 3.05) is 39.4 Å². The molecular weight excluding hydrogens is 350 g/mol. The molecular formula is C18H24N5O2S+. The summed E-state index contributed by atoms with van der Waals surface area (Å²) in [5.41, 5.74) is 3.86. The molecule has 0 spiro atoms. The summed E-state index contributed by atoms with van der Waals surface area (Å²) >= 11 is 5.20. The molecule has 1 fully saturated rings. The first-order valence-electron chi connectivity index (χ1n) is 8.82. The molecule has 1 saturated heterocycles. The van der Waals surface area contributed by atoms with Crippen LogP contribution in [-0.4, -0.2) is 55.7 Å². The number of benzene rings is 1. The van der Waals surface area contributed by atoms with E-state index in [0.29, 0.717) is 10.7 Å². The summed E-state index contributed by atoms with van der Waals surface area (Å²) in [5.74, 6) is 0. The van der Waals surface area contributed by atoms with E-state index in [0.717, 1.165) is 56.7 Å². The van der Waals surface area contributed by atoms with E-state index in [9.17, 15) is 4.79 Å². The zero-order valence-corrected chi connectivity index (χ0v) is 15.4. The fourth-order valence-corrected chi connectivity index (χ4v) is 3.07. The number of hydrogen-bond acceptors (Lipinski definition) is 4. The number of H-pyrrole nitrogens is 1. The number of aromatic nitrogens is 1. The second-order valence-electron chi connectivity index (χ2n) is 6.23. The minimum atomic E-state index is -0.179. The SMILES string of the molecule is O=c1[nH]c2ccccc2cc1/C=N/NC(=S)NCCC[NH+]1CCOCC1. The summed E-state index contributed by atoms with van der Waals surface area (Å²) in [5, 5.41) is 8.60. The zero-order valence-electron chi connectivity index (χ0n) is 14.6. The lowest BCUT2D eigenvalue weighted by molar-refractivity contribution is -0.908. The molecule has 2 heterocycles. The fraction of sp³-hybridized carbons (Fsp3) is 0.389. The van der Waals surface area contributed by atoms with Crippen LogP contribution in [0.2, 0.25) is 0 Å². The molecule has 138 valence electrons. The number of thiocarbonyl (C=S) groups is 1. The third kappa shape index (κ3) is 5.35. The largest absolute Gasteiger partial charge is 0.370 e. The average molecular weight is 374 g/mol. The van der Waals surface area contributed by atoms with Crippen molar-refractivity contribution in [1.29, 1.82) is 0 Å². The van der Waals surface area contributed by atoms with Gasteiger partial charge in [0.25, 0.3) is 5.56 Å². The van der Waals surface area contributed by atoms with Gasteiger partial charge < -0.3 is 19.9 Å². The van der Waals surface area contributed by atoms with Crippen LogP contribution in [0.25, 0.3) is 10.9 Å². The monoisotopic (exact) mass is 374 g/mol. The van der Waals surface area contributed by atoms with Crippen LogP contribution in [-0.2, 0) is 4.74 Å². The van der Waals surface area contributed by atoms with E-state index < -0.39 is 0 Å². The number of fused-ring (bicyclic) bond motifs is 1. The standard InChI is InChI=1S/C18H23N5O2S/c24-17-15(12-14-4-1-2-5-16(14)21-17)13-20-22-18(26)19-6-3-7-23-8-10-25-11-9-23/h1-2,4-5,12-13H,3,6-11H2,(H,21,24)(H2,19,22,26)/p+1/b20-13+. The summed E-state index contributed by atoms with van der Waals surface area (Å²) in [7, 11) is 0. The van der Waals surface area contributed by atoms with Crippen molar-refractivity contribution in [3.8, 4) is 0 Å². The Morgan fingerprint density at radius 1 is 1.35 bits per heavy atom. The van der Waals surface area contributed by atoms with Gasteiger partial charge in [-0.05, 0) is 29.7 Å². The Balaban J connectivity index is 1.42. The Labute approximate surface area is 157 Å². The fourth-order valence-electron chi connectivity index (χ4n) is 2.91. The minimum Gasteiger partial charge on any atom is -0.370 e. The molecule has 1 aromatic heterocycles.